The Morgan fingerprint density at radius 3 is 1.57 bits per heavy atom. The molecule has 23 heavy (non-hydrogen) atoms. The number of benzene rings is 2. The van der Waals surface area contributed by atoms with E-state index in [4.69, 9.17) is 9.47 Å². The molecule has 0 N–H and O–H groups in total. The van der Waals surface area contributed by atoms with Gasteiger partial charge in [0.2, 0.25) is 0 Å². The molecule has 0 heterocycles. The topological polar surface area (TPSA) is 35.5 Å². The smallest absolute Gasteiger partial charge is 0.308 e. The zero-order valence-corrected chi connectivity index (χ0v) is 15.3. The van der Waals surface area contributed by atoms with Crippen LogP contribution in [-0.2, 0) is 4.79 Å². The van der Waals surface area contributed by atoms with Gasteiger partial charge in [0.1, 0.15) is 11.5 Å². The molecule has 0 saturated heterocycles. The van der Waals surface area contributed by atoms with Gasteiger partial charge in [-0.3, -0.25) is 4.79 Å². The SMILES string of the molecule is COc1c(C)cc(Sc2cc(C)c(OC(C)=O)c(C)c2)cc1C. The molecule has 0 saturated carbocycles. The Morgan fingerprint density at radius 1 is 0.826 bits per heavy atom. The van der Waals surface area contributed by atoms with Crippen LogP contribution in [0.2, 0.25) is 0 Å². The maximum Gasteiger partial charge on any atom is 0.308 e. The predicted molar refractivity (Wildman–Crippen MR) is 93.8 cm³/mol. The van der Waals surface area contributed by atoms with Gasteiger partial charge in [-0.05, 0) is 74.2 Å². The molecule has 0 aliphatic heterocycles. The number of esters is 1. The molecule has 0 aromatic heterocycles. The number of methoxy groups -OCH3 is 1. The second-order valence-corrected chi connectivity index (χ2v) is 6.82. The lowest BCUT2D eigenvalue weighted by Crippen LogP contribution is -2.04. The first-order valence-corrected chi connectivity index (χ1v) is 8.26. The highest BCUT2D eigenvalue weighted by Crippen LogP contribution is 2.36. The summed E-state index contributed by atoms with van der Waals surface area (Å²) >= 11 is 1.69. The van der Waals surface area contributed by atoms with Gasteiger partial charge in [-0.25, -0.2) is 0 Å². The van der Waals surface area contributed by atoms with E-state index in [1.165, 1.54) is 11.8 Å². The Labute approximate surface area is 142 Å². The van der Waals surface area contributed by atoms with E-state index in [9.17, 15) is 4.79 Å². The molecule has 0 spiro atoms. The Hall–Kier alpha value is -1.94. The van der Waals surface area contributed by atoms with Crippen molar-refractivity contribution in [1.29, 1.82) is 0 Å². The molecule has 0 aliphatic carbocycles. The van der Waals surface area contributed by atoms with E-state index in [0.717, 1.165) is 32.9 Å². The number of hydrogen-bond donors (Lipinski definition) is 0. The maximum absolute atomic E-state index is 11.2. The minimum atomic E-state index is -0.294. The van der Waals surface area contributed by atoms with Crippen LogP contribution in [0.15, 0.2) is 34.1 Å². The molecular formula is C19H22O3S. The van der Waals surface area contributed by atoms with Crippen LogP contribution in [0.4, 0.5) is 0 Å². The highest BCUT2D eigenvalue weighted by atomic mass is 32.2. The van der Waals surface area contributed by atoms with E-state index in [1.54, 1.807) is 18.9 Å². The molecule has 0 fully saturated rings. The normalized spacial score (nSPS) is 10.5. The number of ether oxygens (including phenoxy) is 2. The highest BCUT2D eigenvalue weighted by molar-refractivity contribution is 7.99. The average molecular weight is 330 g/mol. The van der Waals surface area contributed by atoms with Crippen molar-refractivity contribution in [3.8, 4) is 11.5 Å². The number of carbonyl (C=O) groups is 1. The molecule has 0 atom stereocenters. The van der Waals surface area contributed by atoms with Crippen molar-refractivity contribution in [3.63, 3.8) is 0 Å². The molecule has 0 unspecified atom stereocenters. The van der Waals surface area contributed by atoms with Crippen LogP contribution in [0.1, 0.15) is 29.2 Å². The summed E-state index contributed by atoms with van der Waals surface area (Å²) in [4.78, 5) is 13.5. The highest BCUT2D eigenvalue weighted by Gasteiger charge is 2.11. The fourth-order valence-electron chi connectivity index (χ4n) is 2.70. The van der Waals surface area contributed by atoms with Gasteiger partial charge in [0.25, 0.3) is 0 Å². The molecule has 2 rings (SSSR count). The Morgan fingerprint density at radius 2 is 1.22 bits per heavy atom. The average Bonchev–Trinajstić information content (AvgIpc) is 2.42. The monoisotopic (exact) mass is 330 g/mol. The summed E-state index contributed by atoms with van der Waals surface area (Å²) in [5.74, 6) is 1.30. The lowest BCUT2D eigenvalue weighted by Gasteiger charge is -2.13. The van der Waals surface area contributed by atoms with E-state index >= 15 is 0 Å². The first-order valence-electron chi connectivity index (χ1n) is 7.44. The van der Waals surface area contributed by atoms with Crippen LogP contribution >= 0.6 is 11.8 Å². The second kappa shape index (κ2) is 7.09. The quantitative estimate of drug-likeness (QED) is 0.583. The minimum absolute atomic E-state index is 0.294. The third kappa shape index (κ3) is 4.08. The lowest BCUT2D eigenvalue weighted by atomic mass is 10.1. The van der Waals surface area contributed by atoms with Crippen molar-refractivity contribution in [2.45, 2.75) is 44.4 Å². The zero-order chi connectivity index (χ0) is 17.1. The van der Waals surface area contributed by atoms with E-state index in [-0.39, 0.29) is 5.97 Å². The third-order valence-corrected chi connectivity index (χ3v) is 4.50. The maximum atomic E-state index is 11.2. The van der Waals surface area contributed by atoms with Crippen molar-refractivity contribution in [2.75, 3.05) is 7.11 Å². The fourth-order valence-corrected chi connectivity index (χ4v) is 3.92. The summed E-state index contributed by atoms with van der Waals surface area (Å²) in [7, 11) is 1.70. The molecule has 3 nitrogen and oxygen atoms in total. The lowest BCUT2D eigenvalue weighted by molar-refractivity contribution is -0.131. The van der Waals surface area contributed by atoms with Crippen molar-refractivity contribution >= 4 is 17.7 Å². The van der Waals surface area contributed by atoms with Gasteiger partial charge in [0.15, 0.2) is 0 Å². The first-order chi connectivity index (χ1) is 10.8. The summed E-state index contributed by atoms with van der Waals surface area (Å²) in [6.45, 7) is 9.44. The standard InChI is InChI=1S/C19H22O3S/c1-11-7-16(8-12(2)18(11)21-6)23-17-9-13(3)19(14(4)10-17)22-15(5)20/h7-10H,1-6H3. The molecular weight excluding hydrogens is 308 g/mol. The molecule has 0 amide bonds. The largest absolute Gasteiger partial charge is 0.496 e. The van der Waals surface area contributed by atoms with Crippen LogP contribution in [0.25, 0.3) is 0 Å². The minimum Gasteiger partial charge on any atom is -0.496 e. The Bertz CT molecular complexity index is 704. The summed E-state index contributed by atoms with van der Waals surface area (Å²) in [6, 6.07) is 8.35. The Balaban J connectivity index is 2.32. The van der Waals surface area contributed by atoms with E-state index in [0.29, 0.717) is 5.75 Å². The second-order valence-electron chi connectivity index (χ2n) is 5.67. The summed E-state index contributed by atoms with van der Waals surface area (Å²) in [5, 5.41) is 0. The van der Waals surface area contributed by atoms with Gasteiger partial charge in [-0.2, -0.15) is 0 Å². The van der Waals surface area contributed by atoms with Crippen LogP contribution in [-0.4, -0.2) is 13.1 Å². The van der Waals surface area contributed by atoms with Gasteiger partial charge >= 0.3 is 5.97 Å². The van der Waals surface area contributed by atoms with Crippen LogP contribution in [0.5, 0.6) is 11.5 Å². The van der Waals surface area contributed by atoms with Crippen molar-refractivity contribution in [2.24, 2.45) is 0 Å². The molecule has 2 aromatic rings. The fraction of sp³-hybridized carbons (Fsp3) is 0.316. The summed E-state index contributed by atoms with van der Waals surface area (Å²) in [6.07, 6.45) is 0. The van der Waals surface area contributed by atoms with Crippen molar-refractivity contribution in [1.82, 2.24) is 0 Å². The van der Waals surface area contributed by atoms with Crippen molar-refractivity contribution < 1.29 is 14.3 Å². The molecule has 122 valence electrons. The third-order valence-electron chi connectivity index (χ3n) is 3.55. The molecule has 0 bridgehead atoms. The summed E-state index contributed by atoms with van der Waals surface area (Å²) in [5.41, 5.74) is 4.18. The number of aryl methyl sites for hydroxylation is 4. The first kappa shape index (κ1) is 17.4. The van der Waals surface area contributed by atoms with Gasteiger partial charge in [0.05, 0.1) is 7.11 Å². The van der Waals surface area contributed by atoms with Crippen LogP contribution in [0, 0.1) is 27.7 Å². The van der Waals surface area contributed by atoms with Crippen LogP contribution < -0.4 is 9.47 Å². The molecule has 2 aromatic carbocycles. The molecule has 4 heteroatoms. The van der Waals surface area contributed by atoms with Gasteiger partial charge in [-0.1, -0.05) is 11.8 Å². The number of hydrogen-bond acceptors (Lipinski definition) is 4. The van der Waals surface area contributed by atoms with Gasteiger partial charge in [-0.15, -0.1) is 0 Å². The predicted octanol–water partition coefficient (Wildman–Crippen LogP) is 5.01. The van der Waals surface area contributed by atoms with Crippen LogP contribution in [0.3, 0.4) is 0 Å². The Kier molecular flexibility index (Phi) is 5.37. The van der Waals surface area contributed by atoms with E-state index < -0.39 is 0 Å². The molecule has 0 aliphatic rings. The summed E-state index contributed by atoms with van der Waals surface area (Å²) < 4.78 is 10.7. The van der Waals surface area contributed by atoms with Gasteiger partial charge in [0, 0.05) is 16.7 Å². The van der Waals surface area contributed by atoms with E-state index in [1.807, 2.05) is 26.0 Å². The van der Waals surface area contributed by atoms with E-state index in [2.05, 4.69) is 26.0 Å². The van der Waals surface area contributed by atoms with Crippen molar-refractivity contribution in [3.05, 3.63) is 46.5 Å². The zero-order valence-electron chi connectivity index (χ0n) is 14.4. The number of rotatable bonds is 4. The molecule has 0 radical (unpaired) electrons. The number of carbonyl (C=O) groups excluding carboxylic acids is 1. The van der Waals surface area contributed by atoms with Gasteiger partial charge < -0.3 is 9.47 Å².